The van der Waals surface area contributed by atoms with Crippen molar-refractivity contribution < 1.29 is 19.1 Å². The van der Waals surface area contributed by atoms with Crippen molar-refractivity contribution in [2.45, 2.75) is 0 Å². The highest BCUT2D eigenvalue weighted by atomic mass is 35.5. The van der Waals surface area contributed by atoms with Crippen LogP contribution < -0.4 is 10.1 Å². The molecule has 0 atom stereocenters. The average Bonchev–Trinajstić information content (AvgIpc) is 3.33. The van der Waals surface area contributed by atoms with Crippen molar-refractivity contribution >= 4 is 51.9 Å². The minimum Gasteiger partial charge on any atom is -0.495 e. The summed E-state index contributed by atoms with van der Waals surface area (Å²) in [5.74, 6) is -1.54. The number of Topliss-reactive ketones (excluding diaryl/α,β-unsaturated/α-hetero) is 1. The van der Waals surface area contributed by atoms with E-state index in [-0.39, 0.29) is 22.7 Å². The number of rotatable bonds is 7. The summed E-state index contributed by atoms with van der Waals surface area (Å²) < 4.78 is 6.89. The molecular weight excluding hydrogens is 523 g/mol. The lowest BCUT2D eigenvalue weighted by atomic mass is 10.0. The van der Waals surface area contributed by atoms with Gasteiger partial charge in [-0.3, -0.25) is 14.4 Å². The second kappa shape index (κ2) is 10.5. The highest BCUT2D eigenvalue weighted by molar-refractivity contribution is 6.47. The third-order valence-corrected chi connectivity index (χ3v) is 6.60. The molecule has 0 radical (unpaired) electrons. The molecule has 188 valence electrons. The number of nitrogens with zero attached hydrogens (tertiary/aromatic N) is 1. The van der Waals surface area contributed by atoms with Crippen LogP contribution in [0.3, 0.4) is 0 Å². The molecule has 5 rings (SSSR count). The number of aromatic nitrogens is 1. The molecule has 6 nitrogen and oxygen atoms in total. The Morgan fingerprint density at radius 3 is 2.34 bits per heavy atom. The number of benzene rings is 3. The van der Waals surface area contributed by atoms with E-state index in [1.54, 1.807) is 71.3 Å². The Labute approximate surface area is 228 Å². The van der Waals surface area contributed by atoms with Crippen LogP contribution in [0.2, 0.25) is 10.0 Å². The maximum absolute atomic E-state index is 13.6. The van der Waals surface area contributed by atoms with E-state index < -0.39 is 11.7 Å². The van der Waals surface area contributed by atoms with Crippen molar-refractivity contribution in [2.24, 2.45) is 0 Å². The molecule has 0 bridgehead atoms. The van der Waals surface area contributed by atoms with Gasteiger partial charge in [0.1, 0.15) is 11.4 Å². The summed E-state index contributed by atoms with van der Waals surface area (Å²) in [6.45, 7) is 0. The molecule has 0 saturated carbocycles. The van der Waals surface area contributed by atoms with Crippen LogP contribution in [0.5, 0.6) is 5.75 Å². The first kappa shape index (κ1) is 25.3. The summed E-state index contributed by atoms with van der Waals surface area (Å²) in [7, 11) is 1.51. The van der Waals surface area contributed by atoms with E-state index in [2.05, 4.69) is 5.32 Å². The minimum atomic E-state index is -0.904. The third-order valence-electron chi connectivity index (χ3n) is 6.07. The van der Waals surface area contributed by atoms with Crippen molar-refractivity contribution in [3.8, 4) is 16.9 Å². The Hall–Kier alpha value is -4.39. The van der Waals surface area contributed by atoms with Crippen molar-refractivity contribution in [1.29, 1.82) is 0 Å². The van der Waals surface area contributed by atoms with Crippen LogP contribution in [0.25, 0.3) is 16.6 Å². The van der Waals surface area contributed by atoms with Gasteiger partial charge in [-0.05, 0) is 54.1 Å². The van der Waals surface area contributed by atoms with Crippen LogP contribution in [-0.2, 0) is 4.79 Å². The topological polar surface area (TPSA) is 76.9 Å². The highest BCUT2D eigenvalue weighted by Crippen LogP contribution is 2.34. The summed E-state index contributed by atoms with van der Waals surface area (Å²) in [5, 5.41) is 3.31. The summed E-state index contributed by atoms with van der Waals surface area (Å²) in [4.78, 5) is 40.2. The number of pyridine rings is 1. The number of hydrogen-bond acceptors (Lipinski definition) is 4. The predicted octanol–water partition coefficient (Wildman–Crippen LogP) is 6.97. The first-order valence-electron chi connectivity index (χ1n) is 11.6. The smallest absolute Gasteiger partial charge is 0.298 e. The van der Waals surface area contributed by atoms with Crippen molar-refractivity contribution in [3.63, 3.8) is 0 Å². The molecule has 0 aliphatic carbocycles. The minimum absolute atomic E-state index is 0.157. The SMILES string of the molecule is COc1ccc(-c2cc3ccccn3c2C(=O)C(=O)Nc2ccc(Cl)cc2C(=O)c2ccccc2)cc1Cl. The Balaban J connectivity index is 1.54. The molecule has 38 heavy (non-hydrogen) atoms. The summed E-state index contributed by atoms with van der Waals surface area (Å²) >= 11 is 12.5. The molecule has 0 unspecified atom stereocenters. The molecule has 5 aromatic rings. The number of anilines is 1. The lowest BCUT2D eigenvalue weighted by Crippen LogP contribution is -2.25. The molecule has 0 aliphatic heterocycles. The summed E-state index contributed by atoms with van der Waals surface area (Å²) in [6.07, 6.45) is 1.71. The largest absolute Gasteiger partial charge is 0.495 e. The number of hydrogen-bond donors (Lipinski definition) is 1. The second-order valence-electron chi connectivity index (χ2n) is 8.42. The fourth-order valence-electron chi connectivity index (χ4n) is 4.25. The third kappa shape index (κ3) is 4.79. The van der Waals surface area contributed by atoms with Crippen LogP contribution in [0.15, 0.2) is 97.2 Å². The van der Waals surface area contributed by atoms with Crippen LogP contribution in [0, 0.1) is 0 Å². The summed E-state index contributed by atoms with van der Waals surface area (Å²) in [6, 6.07) is 25.5. The van der Waals surface area contributed by atoms with Crippen molar-refractivity contribution in [3.05, 3.63) is 124 Å². The summed E-state index contributed by atoms with van der Waals surface area (Å²) in [5.41, 5.74) is 2.82. The zero-order valence-electron chi connectivity index (χ0n) is 20.1. The van der Waals surface area contributed by atoms with Gasteiger partial charge in [0.2, 0.25) is 0 Å². The van der Waals surface area contributed by atoms with E-state index in [4.69, 9.17) is 27.9 Å². The molecule has 1 amide bonds. The monoisotopic (exact) mass is 542 g/mol. The second-order valence-corrected chi connectivity index (χ2v) is 9.26. The first-order valence-corrected chi connectivity index (χ1v) is 12.3. The maximum Gasteiger partial charge on any atom is 0.298 e. The van der Waals surface area contributed by atoms with Crippen molar-refractivity contribution in [1.82, 2.24) is 4.40 Å². The number of fused-ring (bicyclic) bond motifs is 1. The molecule has 3 aromatic carbocycles. The van der Waals surface area contributed by atoms with Crippen LogP contribution >= 0.6 is 23.2 Å². The predicted molar refractivity (Wildman–Crippen MR) is 149 cm³/mol. The van der Waals surface area contributed by atoms with Gasteiger partial charge < -0.3 is 14.5 Å². The van der Waals surface area contributed by atoms with E-state index >= 15 is 0 Å². The normalized spacial score (nSPS) is 10.8. The number of halogens is 2. The van der Waals surface area contributed by atoms with E-state index in [1.165, 1.54) is 19.2 Å². The van der Waals surface area contributed by atoms with Gasteiger partial charge in [-0.15, -0.1) is 0 Å². The van der Waals surface area contributed by atoms with E-state index in [0.717, 1.165) is 5.52 Å². The quantitative estimate of drug-likeness (QED) is 0.178. The Morgan fingerprint density at radius 2 is 1.61 bits per heavy atom. The van der Waals surface area contributed by atoms with Gasteiger partial charge in [-0.2, -0.15) is 0 Å². The first-order chi connectivity index (χ1) is 18.4. The zero-order chi connectivity index (χ0) is 26.8. The van der Waals surface area contributed by atoms with Gasteiger partial charge in [0.05, 0.1) is 17.8 Å². The number of amides is 1. The Morgan fingerprint density at radius 1 is 0.842 bits per heavy atom. The zero-order valence-corrected chi connectivity index (χ0v) is 21.6. The molecule has 0 spiro atoms. The molecule has 0 fully saturated rings. The molecule has 8 heteroatoms. The van der Waals surface area contributed by atoms with Gasteiger partial charge in [0.25, 0.3) is 11.7 Å². The number of ketones is 2. The van der Waals surface area contributed by atoms with Crippen LogP contribution in [0.4, 0.5) is 5.69 Å². The molecule has 0 saturated heterocycles. The maximum atomic E-state index is 13.6. The molecule has 1 N–H and O–H groups in total. The van der Waals surface area contributed by atoms with Crippen LogP contribution in [-0.4, -0.2) is 29.0 Å². The van der Waals surface area contributed by atoms with Gasteiger partial charge in [-0.1, -0.05) is 65.7 Å². The lowest BCUT2D eigenvalue weighted by Gasteiger charge is -2.12. The van der Waals surface area contributed by atoms with Gasteiger partial charge in [0.15, 0.2) is 5.78 Å². The Bertz CT molecular complexity index is 1710. The van der Waals surface area contributed by atoms with E-state index in [9.17, 15) is 14.4 Å². The highest BCUT2D eigenvalue weighted by Gasteiger charge is 2.26. The molecule has 0 aliphatic rings. The van der Waals surface area contributed by atoms with Gasteiger partial charge >= 0.3 is 0 Å². The number of carbonyl (C=O) groups is 3. The number of nitrogens with one attached hydrogen (secondary N) is 1. The number of ether oxygens (including phenoxy) is 1. The number of carbonyl (C=O) groups excluding carboxylic acids is 3. The van der Waals surface area contributed by atoms with E-state index in [1.807, 2.05) is 18.2 Å². The Kier molecular flexibility index (Phi) is 7.01. The van der Waals surface area contributed by atoms with Gasteiger partial charge in [-0.25, -0.2) is 0 Å². The molecule has 2 aromatic heterocycles. The average molecular weight is 543 g/mol. The lowest BCUT2D eigenvalue weighted by molar-refractivity contribution is -0.112. The molecular formula is C30H20Cl2N2O4. The van der Waals surface area contributed by atoms with Crippen LogP contribution in [0.1, 0.15) is 26.4 Å². The number of methoxy groups -OCH3 is 1. The van der Waals surface area contributed by atoms with E-state index in [0.29, 0.717) is 32.5 Å². The fraction of sp³-hybridized carbons (Fsp3) is 0.0333. The standard InChI is InChI=1S/C30H20Cl2N2O4/c1-38-26-13-10-19(15-24(26)32)22-17-21-9-5-6-14-34(21)27(22)29(36)30(37)33-25-12-11-20(31)16-23(25)28(35)18-7-3-2-4-8-18/h2-17H,1H3,(H,33,37). The van der Waals surface area contributed by atoms with Crippen molar-refractivity contribution in [2.75, 3.05) is 12.4 Å². The fourth-order valence-corrected chi connectivity index (χ4v) is 4.68. The molecule has 2 heterocycles. The van der Waals surface area contributed by atoms with Gasteiger partial charge in [0, 0.05) is 33.4 Å².